The first kappa shape index (κ1) is 28.6. The molecule has 0 aliphatic carbocycles. The predicted octanol–water partition coefficient (Wildman–Crippen LogP) is 5.77. The van der Waals surface area contributed by atoms with Crippen molar-refractivity contribution in [1.29, 1.82) is 0 Å². The second kappa shape index (κ2) is 13.2. The van der Waals surface area contributed by atoms with Crippen LogP contribution in [0.4, 0.5) is 5.95 Å². The molecule has 10 heteroatoms. The van der Waals surface area contributed by atoms with Crippen LogP contribution in [0.25, 0.3) is 11.1 Å². The third-order valence-electron chi connectivity index (χ3n) is 7.59. The normalized spacial score (nSPS) is 17.1. The lowest BCUT2D eigenvalue weighted by atomic mass is 9.93. The summed E-state index contributed by atoms with van der Waals surface area (Å²) in [7, 11) is 3.58. The summed E-state index contributed by atoms with van der Waals surface area (Å²) in [5.74, 6) is 2.23. The van der Waals surface area contributed by atoms with Crippen molar-refractivity contribution in [1.82, 2.24) is 19.8 Å². The maximum Gasteiger partial charge on any atom is 0.305 e. The molecule has 2 aliphatic rings. The zero-order chi connectivity index (χ0) is 28.1. The molecule has 0 amide bonds. The van der Waals surface area contributed by atoms with Crippen molar-refractivity contribution < 1.29 is 14.3 Å². The number of halogens is 2. The number of ether oxygens (including phenoxy) is 2. The number of nitrogens with zero attached hydrogens (tertiary/aromatic N) is 5. The minimum absolute atomic E-state index is 0.131. The molecule has 0 N–H and O–H groups in total. The van der Waals surface area contributed by atoms with Gasteiger partial charge in [-0.3, -0.25) is 9.69 Å². The number of carbonyl (C=O) groups excluding carboxylic acids is 1. The van der Waals surface area contributed by atoms with E-state index in [1.807, 2.05) is 18.2 Å². The fourth-order valence-electron chi connectivity index (χ4n) is 5.29. The highest BCUT2D eigenvalue weighted by Crippen LogP contribution is 2.33. The Labute approximate surface area is 245 Å². The molecule has 1 aromatic heterocycles. The summed E-state index contributed by atoms with van der Waals surface area (Å²) in [5.41, 5.74) is 3.00. The molecule has 2 aliphatic heterocycles. The van der Waals surface area contributed by atoms with Gasteiger partial charge in [-0.2, -0.15) is 0 Å². The van der Waals surface area contributed by atoms with Gasteiger partial charge in [0.2, 0.25) is 5.95 Å². The Bertz CT molecular complexity index is 1290. The Kier molecular flexibility index (Phi) is 9.42. The highest BCUT2D eigenvalue weighted by atomic mass is 35.5. The number of esters is 1. The standard InChI is InChI=1S/C30H35Cl2N5O3/c1-35-7-9-37(10-8-35)30-33-18-28(19-34-30)40-27-12-22(11-23(16-27)24-14-25(31)17-26(32)15-24)20-36-5-3-21(4-6-36)13-29(38)39-2/h11-12,14-19,21H,3-10,13,20H2,1-2H3. The molecule has 0 bridgehead atoms. The van der Waals surface area contributed by atoms with E-state index in [2.05, 4.69) is 43.8 Å². The lowest BCUT2D eigenvalue weighted by Gasteiger charge is -2.32. The van der Waals surface area contributed by atoms with Crippen LogP contribution in [-0.4, -0.2) is 79.2 Å². The van der Waals surface area contributed by atoms with E-state index in [-0.39, 0.29) is 5.97 Å². The summed E-state index contributed by atoms with van der Waals surface area (Å²) in [6.45, 7) is 6.41. The molecule has 0 saturated carbocycles. The minimum atomic E-state index is -0.131. The third kappa shape index (κ3) is 7.63. The van der Waals surface area contributed by atoms with Crippen LogP contribution in [0.5, 0.6) is 11.5 Å². The highest BCUT2D eigenvalue weighted by molar-refractivity contribution is 6.35. The Morgan fingerprint density at radius 1 is 0.875 bits per heavy atom. The number of anilines is 1. The molecule has 2 fully saturated rings. The fraction of sp³-hybridized carbons (Fsp3) is 0.433. The SMILES string of the molecule is COC(=O)CC1CCN(Cc2cc(Oc3cnc(N4CCN(C)CC4)nc3)cc(-c3cc(Cl)cc(Cl)c3)c2)CC1. The van der Waals surface area contributed by atoms with Gasteiger partial charge in [0.1, 0.15) is 5.75 Å². The number of likely N-dealkylation sites (tertiary alicyclic amines) is 1. The molecule has 8 nitrogen and oxygen atoms in total. The van der Waals surface area contributed by atoms with Crippen molar-refractivity contribution in [2.24, 2.45) is 5.92 Å². The zero-order valence-corrected chi connectivity index (χ0v) is 24.5. The van der Waals surface area contributed by atoms with Crippen LogP contribution >= 0.6 is 23.2 Å². The number of likely N-dealkylation sites (N-methyl/N-ethyl adjacent to an activating group) is 1. The largest absolute Gasteiger partial charge is 0.469 e. The van der Waals surface area contributed by atoms with Gasteiger partial charge < -0.3 is 19.3 Å². The fourth-order valence-corrected chi connectivity index (χ4v) is 5.82. The molecule has 0 spiro atoms. The second-order valence-corrected chi connectivity index (χ2v) is 11.5. The van der Waals surface area contributed by atoms with E-state index in [4.69, 9.17) is 32.7 Å². The predicted molar refractivity (Wildman–Crippen MR) is 158 cm³/mol. The topological polar surface area (TPSA) is 71.0 Å². The van der Waals surface area contributed by atoms with Crippen molar-refractivity contribution in [3.63, 3.8) is 0 Å². The van der Waals surface area contributed by atoms with Crippen molar-refractivity contribution in [3.05, 3.63) is 64.4 Å². The Balaban J connectivity index is 1.33. The first-order valence-corrected chi connectivity index (χ1v) is 14.4. The van der Waals surface area contributed by atoms with E-state index >= 15 is 0 Å². The van der Waals surface area contributed by atoms with Crippen LogP contribution in [0, 0.1) is 5.92 Å². The van der Waals surface area contributed by atoms with E-state index in [1.54, 1.807) is 18.5 Å². The molecule has 0 radical (unpaired) electrons. The lowest BCUT2D eigenvalue weighted by molar-refractivity contribution is -0.142. The Morgan fingerprint density at radius 2 is 1.52 bits per heavy atom. The summed E-state index contributed by atoms with van der Waals surface area (Å²) in [5, 5.41) is 1.16. The lowest BCUT2D eigenvalue weighted by Crippen LogP contribution is -2.45. The zero-order valence-electron chi connectivity index (χ0n) is 23.0. The van der Waals surface area contributed by atoms with Gasteiger partial charge in [0.05, 0.1) is 19.5 Å². The molecule has 0 atom stereocenters. The van der Waals surface area contributed by atoms with Crippen LogP contribution in [-0.2, 0) is 16.1 Å². The number of aromatic nitrogens is 2. The Hall–Kier alpha value is -2.91. The number of rotatable bonds is 8. The van der Waals surface area contributed by atoms with E-state index < -0.39 is 0 Å². The number of carbonyl (C=O) groups is 1. The summed E-state index contributed by atoms with van der Waals surface area (Å²) in [6.07, 6.45) is 5.89. The van der Waals surface area contributed by atoms with Crippen LogP contribution in [0.2, 0.25) is 10.0 Å². The monoisotopic (exact) mass is 583 g/mol. The molecule has 40 heavy (non-hydrogen) atoms. The summed E-state index contributed by atoms with van der Waals surface area (Å²) >= 11 is 12.7. The molecule has 3 aromatic rings. The van der Waals surface area contributed by atoms with Crippen LogP contribution in [0.15, 0.2) is 48.8 Å². The average Bonchev–Trinajstić information content (AvgIpc) is 2.94. The first-order chi connectivity index (χ1) is 19.3. The molecule has 212 valence electrons. The second-order valence-electron chi connectivity index (χ2n) is 10.6. The number of benzene rings is 2. The quantitative estimate of drug-likeness (QED) is 0.309. The number of hydrogen-bond donors (Lipinski definition) is 0. The van der Waals surface area contributed by atoms with Crippen molar-refractivity contribution in [2.45, 2.75) is 25.8 Å². The molecular formula is C30H35Cl2N5O3. The summed E-state index contributed by atoms with van der Waals surface area (Å²) in [6, 6.07) is 11.7. The van der Waals surface area contributed by atoms with Crippen molar-refractivity contribution >= 4 is 35.1 Å². The Morgan fingerprint density at radius 3 is 2.17 bits per heavy atom. The van der Waals surface area contributed by atoms with Gasteiger partial charge in [-0.05, 0) is 92.0 Å². The van der Waals surface area contributed by atoms with Gasteiger partial charge in [-0.25, -0.2) is 9.97 Å². The summed E-state index contributed by atoms with van der Waals surface area (Å²) in [4.78, 5) is 27.7. The number of methoxy groups -OCH3 is 1. The van der Waals surface area contributed by atoms with Gasteiger partial charge in [0.15, 0.2) is 5.75 Å². The van der Waals surface area contributed by atoms with Crippen LogP contribution in [0.3, 0.4) is 0 Å². The number of piperidine rings is 1. The van der Waals surface area contributed by atoms with Gasteiger partial charge in [-0.1, -0.05) is 23.2 Å². The van der Waals surface area contributed by atoms with E-state index in [0.717, 1.165) is 81.3 Å². The van der Waals surface area contributed by atoms with Crippen LogP contribution < -0.4 is 9.64 Å². The van der Waals surface area contributed by atoms with E-state index in [9.17, 15) is 4.79 Å². The molecule has 5 rings (SSSR count). The van der Waals surface area contributed by atoms with Gasteiger partial charge in [0.25, 0.3) is 0 Å². The number of piperazine rings is 1. The molecule has 2 saturated heterocycles. The summed E-state index contributed by atoms with van der Waals surface area (Å²) < 4.78 is 11.1. The molecule has 2 aromatic carbocycles. The average molecular weight is 585 g/mol. The highest BCUT2D eigenvalue weighted by Gasteiger charge is 2.22. The first-order valence-electron chi connectivity index (χ1n) is 13.7. The third-order valence-corrected chi connectivity index (χ3v) is 8.03. The van der Waals surface area contributed by atoms with E-state index in [0.29, 0.717) is 33.9 Å². The molecular weight excluding hydrogens is 549 g/mol. The van der Waals surface area contributed by atoms with Crippen LogP contribution in [0.1, 0.15) is 24.8 Å². The van der Waals surface area contributed by atoms with Gasteiger partial charge >= 0.3 is 5.97 Å². The van der Waals surface area contributed by atoms with Crippen molar-refractivity contribution in [3.8, 4) is 22.6 Å². The van der Waals surface area contributed by atoms with Crippen molar-refractivity contribution in [2.75, 3.05) is 58.3 Å². The van der Waals surface area contributed by atoms with Gasteiger partial charge in [0, 0.05) is 49.2 Å². The van der Waals surface area contributed by atoms with E-state index in [1.165, 1.54) is 7.11 Å². The number of hydrogen-bond acceptors (Lipinski definition) is 8. The molecule has 0 unspecified atom stereocenters. The minimum Gasteiger partial charge on any atom is -0.469 e. The maximum absolute atomic E-state index is 11.7. The smallest absolute Gasteiger partial charge is 0.305 e. The molecule has 3 heterocycles. The van der Waals surface area contributed by atoms with Gasteiger partial charge in [-0.15, -0.1) is 0 Å². The maximum atomic E-state index is 11.7.